The van der Waals surface area contributed by atoms with E-state index in [4.69, 9.17) is 11.6 Å². The minimum atomic E-state index is 0.118. The first kappa shape index (κ1) is 15.5. The van der Waals surface area contributed by atoms with E-state index >= 15 is 0 Å². The van der Waals surface area contributed by atoms with Gasteiger partial charge in [-0.15, -0.1) is 11.3 Å². The van der Waals surface area contributed by atoms with Crippen LogP contribution in [-0.2, 0) is 0 Å². The standard InChI is InChI=1S/C15H22ClN3S/c1-5-7-17-13(15-11(4)6-8-20-15)14-12(16)9-18-19(14)10(2)3/h6,8-10,13,17H,5,7H2,1-4H3. The molecule has 1 N–H and O–H groups in total. The Labute approximate surface area is 130 Å². The van der Waals surface area contributed by atoms with E-state index in [2.05, 4.69) is 49.6 Å². The number of hydrogen-bond acceptors (Lipinski definition) is 3. The fraction of sp³-hybridized carbons (Fsp3) is 0.533. The average molecular weight is 312 g/mol. The highest BCUT2D eigenvalue weighted by molar-refractivity contribution is 7.10. The fourth-order valence-corrected chi connectivity index (χ4v) is 3.56. The Morgan fingerprint density at radius 1 is 1.45 bits per heavy atom. The van der Waals surface area contributed by atoms with Gasteiger partial charge in [0.15, 0.2) is 0 Å². The summed E-state index contributed by atoms with van der Waals surface area (Å²) in [6, 6.07) is 2.57. The van der Waals surface area contributed by atoms with Crippen LogP contribution in [0.15, 0.2) is 17.6 Å². The Hall–Kier alpha value is -0.840. The maximum absolute atomic E-state index is 6.41. The molecular weight excluding hydrogens is 290 g/mol. The summed E-state index contributed by atoms with van der Waals surface area (Å²) in [7, 11) is 0. The molecule has 0 spiro atoms. The smallest absolute Gasteiger partial charge is 0.0859 e. The van der Waals surface area contributed by atoms with Crippen LogP contribution in [0.25, 0.3) is 0 Å². The van der Waals surface area contributed by atoms with Crippen molar-refractivity contribution < 1.29 is 0 Å². The monoisotopic (exact) mass is 311 g/mol. The fourth-order valence-electron chi connectivity index (χ4n) is 2.31. The molecule has 2 aromatic heterocycles. The number of hydrogen-bond donors (Lipinski definition) is 1. The van der Waals surface area contributed by atoms with Crippen LogP contribution in [-0.4, -0.2) is 16.3 Å². The van der Waals surface area contributed by atoms with E-state index in [1.165, 1.54) is 10.4 Å². The molecule has 2 rings (SSSR count). The molecule has 3 nitrogen and oxygen atoms in total. The highest BCUT2D eigenvalue weighted by Gasteiger charge is 2.24. The molecule has 0 fully saturated rings. The highest BCUT2D eigenvalue weighted by Crippen LogP contribution is 2.34. The van der Waals surface area contributed by atoms with Crippen molar-refractivity contribution in [1.29, 1.82) is 0 Å². The number of rotatable bonds is 6. The van der Waals surface area contributed by atoms with Gasteiger partial charge in [-0.1, -0.05) is 18.5 Å². The molecular formula is C15H22ClN3S. The van der Waals surface area contributed by atoms with Gasteiger partial charge in [0.05, 0.1) is 23.0 Å². The molecule has 5 heteroatoms. The van der Waals surface area contributed by atoms with Gasteiger partial charge < -0.3 is 5.32 Å². The Balaban J connectivity index is 2.46. The quantitative estimate of drug-likeness (QED) is 0.846. The maximum Gasteiger partial charge on any atom is 0.0859 e. The van der Waals surface area contributed by atoms with Crippen molar-refractivity contribution in [2.45, 2.75) is 46.2 Å². The summed E-state index contributed by atoms with van der Waals surface area (Å²) >= 11 is 8.19. The first-order chi connectivity index (χ1) is 9.56. The predicted molar refractivity (Wildman–Crippen MR) is 86.8 cm³/mol. The number of thiophene rings is 1. The normalized spacial score (nSPS) is 13.1. The lowest BCUT2D eigenvalue weighted by atomic mass is 10.1. The van der Waals surface area contributed by atoms with Crippen LogP contribution in [0.2, 0.25) is 5.02 Å². The molecule has 0 bridgehead atoms. The lowest BCUT2D eigenvalue weighted by Crippen LogP contribution is -2.26. The summed E-state index contributed by atoms with van der Waals surface area (Å²) in [5.41, 5.74) is 2.37. The predicted octanol–water partition coefficient (Wildman–Crippen LogP) is 4.58. The third-order valence-corrected chi connectivity index (χ3v) is 4.69. The van der Waals surface area contributed by atoms with Gasteiger partial charge in [0.2, 0.25) is 0 Å². The van der Waals surface area contributed by atoms with Crippen LogP contribution in [0.5, 0.6) is 0 Å². The van der Waals surface area contributed by atoms with Gasteiger partial charge in [-0.3, -0.25) is 4.68 Å². The van der Waals surface area contributed by atoms with Crippen LogP contribution >= 0.6 is 22.9 Å². The second kappa shape index (κ2) is 6.74. The van der Waals surface area contributed by atoms with Gasteiger partial charge >= 0.3 is 0 Å². The molecule has 110 valence electrons. The van der Waals surface area contributed by atoms with E-state index in [1.807, 2.05) is 4.68 Å². The van der Waals surface area contributed by atoms with Gasteiger partial charge in [-0.05, 0) is 50.7 Å². The van der Waals surface area contributed by atoms with Gasteiger partial charge in [0, 0.05) is 10.9 Å². The molecule has 2 aromatic rings. The summed E-state index contributed by atoms with van der Waals surface area (Å²) < 4.78 is 2.02. The number of nitrogens with one attached hydrogen (secondary N) is 1. The molecule has 1 atom stereocenters. The molecule has 0 saturated heterocycles. The summed E-state index contributed by atoms with van der Waals surface area (Å²) in [5.74, 6) is 0. The Morgan fingerprint density at radius 3 is 2.75 bits per heavy atom. The second-order valence-corrected chi connectivity index (χ2v) is 6.63. The molecule has 0 aliphatic carbocycles. The van der Waals surface area contributed by atoms with Crippen molar-refractivity contribution >= 4 is 22.9 Å². The minimum Gasteiger partial charge on any atom is -0.304 e. The van der Waals surface area contributed by atoms with Crippen LogP contribution in [0.3, 0.4) is 0 Å². The van der Waals surface area contributed by atoms with Crippen molar-refractivity contribution in [3.05, 3.63) is 38.8 Å². The summed E-state index contributed by atoms with van der Waals surface area (Å²) in [5, 5.41) is 10.9. The molecule has 20 heavy (non-hydrogen) atoms. The van der Waals surface area contributed by atoms with E-state index in [0.717, 1.165) is 23.7 Å². The largest absolute Gasteiger partial charge is 0.304 e. The molecule has 0 saturated carbocycles. The Bertz CT molecular complexity index is 559. The van der Waals surface area contributed by atoms with Crippen LogP contribution in [0.4, 0.5) is 0 Å². The van der Waals surface area contributed by atoms with Crippen molar-refractivity contribution in [2.75, 3.05) is 6.54 Å². The van der Waals surface area contributed by atoms with E-state index in [-0.39, 0.29) is 6.04 Å². The lowest BCUT2D eigenvalue weighted by Gasteiger charge is -2.22. The number of halogens is 1. The zero-order valence-corrected chi connectivity index (χ0v) is 14.1. The third-order valence-electron chi connectivity index (χ3n) is 3.31. The van der Waals surface area contributed by atoms with E-state index in [9.17, 15) is 0 Å². The number of aromatic nitrogens is 2. The van der Waals surface area contributed by atoms with Gasteiger partial charge in [-0.25, -0.2) is 0 Å². The van der Waals surface area contributed by atoms with E-state index in [1.54, 1.807) is 17.5 Å². The van der Waals surface area contributed by atoms with Crippen molar-refractivity contribution in [2.24, 2.45) is 0 Å². The van der Waals surface area contributed by atoms with Crippen LogP contribution in [0, 0.1) is 6.92 Å². The summed E-state index contributed by atoms with van der Waals surface area (Å²) in [4.78, 5) is 1.32. The molecule has 0 aliphatic heterocycles. The topological polar surface area (TPSA) is 29.9 Å². The SMILES string of the molecule is CCCNC(c1sccc1C)c1c(Cl)cnn1C(C)C. The average Bonchev–Trinajstić information content (AvgIpc) is 2.98. The van der Waals surface area contributed by atoms with Gasteiger partial charge in [0.25, 0.3) is 0 Å². The van der Waals surface area contributed by atoms with E-state index in [0.29, 0.717) is 6.04 Å². The van der Waals surface area contributed by atoms with Crippen molar-refractivity contribution in [3.8, 4) is 0 Å². The first-order valence-corrected chi connectivity index (χ1v) is 8.32. The Kier molecular flexibility index (Phi) is 5.24. The zero-order chi connectivity index (χ0) is 14.7. The van der Waals surface area contributed by atoms with Crippen LogP contribution in [0.1, 0.15) is 55.4 Å². The molecule has 0 amide bonds. The Morgan fingerprint density at radius 2 is 2.20 bits per heavy atom. The third kappa shape index (κ3) is 3.08. The lowest BCUT2D eigenvalue weighted by molar-refractivity contribution is 0.473. The number of aryl methyl sites for hydroxylation is 1. The minimum absolute atomic E-state index is 0.118. The molecule has 2 heterocycles. The summed E-state index contributed by atoms with van der Waals surface area (Å²) in [6.07, 6.45) is 2.84. The number of nitrogens with zero attached hydrogens (tertiary/aromatic N) is 2. The van der Waals surface area contributed by atoms with Gasteiger partial charge in [-0.2, -0.15) is 5.10 Å². The van der Waals surface area contributed by atoms with Gasteiger partial charge in [0.1, 0.15) is 0 Å². The molecule has 0 aliphatic rings. The van der Waals surface area contributed by atoms with Crippen molar-refractivity contribution in [1.82, 2.24) is 15.1 Å². The maximum atomic E-state index is 6.41. The van der Waals surface area contributed by atoms with Crippen molar-refractivity contribution in [3.63, 3.8) is 0 Å². The summed E-state index contributed by atoms with van der Waals surface area (Å²) in [6.45, 7) is 9.54. The molecule has 1 unspecified atom stereocenters. The molecule has 0 aromatic carbocycles. The second-order valence-electron chi connectivity index (χ2n) is 5.27. The zero-order valence-electron chi connectivity index (χ0n) is 12.5. The van der Waals surface area contributed by atoms with E-state index < -0.39 is 0 Å². The van der Waals surface area contributed by atoms with Crippen LogP contribution < -0.4 is 5.32 Å². The first-order valence-electron chi connectivity index (χ1n) is 7.06. The highest BCUT2D eigenvalue weighted by atomic mass is 35.5. The molecule has 0 radical (unpaired) electrons.